The van der Waals surface area contributed by atoms with Crippen molar-refractivity contribution in [2.24, 2.45) is 0 Å². The molecule has 1 unspecified atom stereocenters. The first kappa shape index (κ1) is 22.5. The lowest BCUT2D eigenvalue weighted by Crippen LogP contribution is -2.55. The molecule has 2 aliphatic heterocycles. The number of carbonyl (C=O) groups excluding carboxylic acids is 2. The molecular weight excluding hydrogens is 384 g/mol. The van der Waals surface area contributed by atoms with Gasteiger partial charge in [-0.05, 0) is 38.4 Å². The van der Waals surface area contributed by atoms with E-state index in [-0.39, 0.29) is 24.4 Å². The molecule has 1 aromatic rings. The quantitative estimate of drug-likeness (QED) is 0.791. The highest BCUT2D eigenvalue weighted by molar-refractivity contribution is 5.91. The lowest BCUT2D eigenvalue weighted by molar-refractivity contribution is 0.0398. The van der Waals surface area contributed by atoms with Crippen LogP contribution in [0.4, 0.5) is 4.79 Å². The molecule has 0 radical (unpaired) electrons. The van der Waals surface area contributed by atoms with E-state index in [1.54, 1.807) is 18.0 Å². The predicted octanol–water partition coefficient (Wildman–Crippen LogP) is 1.80. The molecule has 2 saturated heterocycles. The Hall–Kier alpha value is -1.77. The maximum Gasteiger partial charge on any atom is 0.409 e. The van der Waals surface area contributed by atoms with Gasteiger partial charge in [-0.2, -0.15) is 0 Å². The molecule has 0 saturated carbocycles. The van der Waals surface area contributed by atoms with E-state index in [2.05, 4.69) is 15.1 Å². The van der Waals surface area contributed by atoms with Gasteiger partial charge >= 0.3 is 6.09 Å². The first-order chi connectivity index (χ1) is 13.1. The number of furan rings is 1. The zero-order valence-corrected chi connectivity index (χ0v) is 17.5. The first-order valence-electron chi connectivity index (χ1n) is 9.79. The second-order valence-electron chi connectivity index (χ2n) is 7.10. The van der Waals surface area contributed by atoms with Crippen LogP contribution in [-0.4, -0.2) is 85.7 Å². The van der Waals surface area contributed by atoms with Crippen LogP contribution >= 0.6 is 12.4 Å². The number of ether oxygens (including phenoxy) is 1. The van der Waals surface area contributed by atoms with Gasteiger partial charge in [-0.15, -0.1) is 12.4 Å². The maximum atomic E-state index is 11.8. The maximum absolute atomic E-state index is 11.8. The van der Waals surface area contributed by atoms with E-state index in [4.69, 9.17) is 9.15 Å². The molecule has 8 nitrogen and oxygen atoms in total. The van der Waals surface area contributed by atoms with Crippen LogP contribution < -0.4 is 5.32 Å². The fourth-order valence-electron chi connectivity index (χ4n) is 3.89. The normalized spacial score (nSPS) is 21.1. The Bertz CT molecular complexity index is 646. The third kappa shape index (κ3) is 5.62. The van der Waals surface area contributed by atoms with E-state index in [1.165, 1.54) is 6.42 Å². The Morgan fingerprint density at radius 2 is 1.96 bits per heavy atom. The molecule has 9 heteroatoms. The fraction of sp³-hybridized carbons (Fsp3) is 0.684. The summed E-state index contributed by atoms with van der Waals surface area (Å²) >= 11 is 0. The van der Waals surface area contributed by atoms with Crippen molar-refractivity contribution < 1.29 is 18.7 Å². The number of likely N-dealkylation sites (tertiary alicyclic amines) is 1. The van der Waals surface area contributed by atoms with E-state index in [0.29, 0.717) is 18.4 Å². The van der Waals surface area contributed by atoms with Gasteiger partial charge in [0.15, 0.2) is 5.76 Å². The summed E-state index contributed by atoms with van der Waals surface area (Å²) in [6.07, 6.45) is 2.12. The number of hydrogen-bond acceptors (Lipinski definition) is 6. The number of carbonyl (C=O) groups is 2. The summed E-state index contributed by atoms with van der Waals surface area (Å²) in [6, 6.07) is 4.10. The number of piperidine rings is 1. The molecule has 3 rings (SSSR count). The minimum atomic E-state index is -0.202. The van der Waals surface area contributed by atoms with Gasteiger partial charge in [0.05, 0.1) is 13.2 Å². The Morgan fingerprint density at radius 1 is 1.21 bits per heavy atom. The van der Waals surface area contributed by atoms with Crippen molar-refractivity contribution in [1.82, 2.24) is 20.0 Å². The zero-order chi connectivity index (χ0) is 19.2. The summed E-state index contributed by atoms with van der Waals surface area (Å²) in [7, 11) is 1.60. The molecule has 1 atom stereocenters. The van der Waals surface area contributed by atoms with Crippen molar-refractivity contribution in [1.29, 1.82) is 0 Å². The summed E-state index contributed by atoms with van der Waals surface area (Å²) in [5, 5.41) is 2.58. The second kappa shape index (κ2) is 10.7. The lowest BCUT2D eigenvalue weighted by atomic mass is 10.0. The Balaban J connectivity index is 0.00000280. The molecule has 2 aliphatic rings. The molecule has 0 aliphatic carbocycles. The molecule has 3 heterocycles. The van der Waals surface area contributed by atoms with Crippen molar-refractivity contribution in [3.8, 4) is 0 Å². The van der Waals surface area contributed by atoms with Gasteiger partial charge < -0.3 is 19.4 Å². The number of amides is 2. The second-order valence-corrected chi connectivity index (χ2v) is 7.10. The number of piperazine rings is 1. The van der Waals surface area contributed by atoms with Crippen molar-refractivity contribution in [2.75, 3.05) is 52.9 Å². The van der Waals surface area contributed by atoms with Crippen LogP contribution in [0.5, 0.6) is 0 Å². The van der Waals surface area contributed by atoms with Gasteiger partial charge in [-0.3, -0.25) is 14.6 Å². The molecule has 1 aromatic heterocycles. The van der Waals surface area contributed by atoms with Crippen molar-refractivity contribution in [3.05, 3.63) is 23.7 Å². The van der Waals surface area contributed by atoms with Gasteiger partial charge in [0, 0.05) is 45.8 Å². The lowest BCUT2D eigenvalue weighted by Gasteiger charge is -2.43. The standard InChI is InChI=1S/C19H30N4O4.ClH/c1-3-26-19(25)23-11-9-22(10-12-23)15-5-4-8-21(13-15)14-16-6-7-17(27-16)18(24)20-2;/h6-7,15H,3-5,8-14H2,1-2H3,(H,20,24);1H. The van der Waals surface area contributed by atoms with E-state index in [1.807, 2.05) is 13.0 Å². The number of nitrogens with one attached hydrogen (secondary N) is 1. The molecule has 1 N–H and O–H groups in total. The molecule has 0 bridgehead atoms. The predicted molar refractivity (Wildman–Crippen MR) is 108 cm³/mol. The van der Waals surface area contributed by atoms with Gasteiger partial charge in [0.2, 0.25) is 0 Å². The first-order valence-corrected chi connectivity index (χ1v) is 9.79. The molecular formula is C19H31ClN4O4. The number of nitrogens with zero attached hydrogens (tertiary/aromatic N) is 3. The molecule has 158 valence electrons. The van der Waals surface area contributed by atoms with E-state index in [9.17, 15) is 9.59 Å². The van der Waals surface area contributed by atoms with Gasteiger partial charge in [0.25, 0.3) is 5.91 Å². The summed E-state index contributed by atoms with van der Waals surface area (Å²) < 4.78 is 10.8. The zero-order valence-electron chi connectivity index (χ0n) is 16.7. The summed E-state index contributed by atoms with van der Waals surface area (Å²) in [6.45, 7) is 8.22. The van der Waals surface area contributed by atoms with Crippen LogP contribution in [0.15, 0.2) is 16.5 Å². The average Bonchev–Trinajstić information content (AvgIpc) is 3.16. The van der Waals surface area contributed by atoms with Crippen molar-refractivity contribution in [2.45, 2.75) is 32.4 Å². The highest BCUT2D eigenvalue weighted by Crippen LogP contribution is 2.20. The Morgan fingerprint density at radius 3 is 2.64 bits per heavy atom. The van der Waals surface area contributed by atoms with E-state index < -0.39 is 0 Å². The molecule has 0 aromatic carbocycles. The Kier molecular flexibility index (Phi) is 8.59. The molecule has 2 fully saturated rings. The average molecular weight is 415 g/mol. The van der Waals surface area contributed by atoms with E-state index >= 15 is 0 Å². The third-order valence-corrected chi connectivity index (χ3v) is 5.33. The summed E-state index contributed by atoms with van der Waals surface area (Å²) in [4.78, 5) is 30.1. The van der Waals surface area contributed by atoms with Gasteiger partial charge in [0.1, 0.15) is 5.76 Å². The Labute approximate surface area is 172 Å². The van der Waals surface area contributed by atoms with Crippen LogP contribution in [0.3, 0.4) is 0 Å². The minimum Gasteiger partial charge on any atom is -0.455 e. The smallest absolute Gasteiger partial charge is 0.409 e. The van der Waals surface area contributed by atoms with Crippen molar-refractivity contribution >= 4 is 24.4 Å². The van der Waals surface area contributed by atoms with Crippen LogP contribution in [0, 0.1) is 0 Å². The summed E-state index contributed by atoms with van der Waals surface area (Å²) in [5.74, 6) is 0.981. The topological polar surface area (TPSA) is 78.3 Å². The SMILES string of the molecule is CCOC(=O)N1CCN(C2CCCN(Cc3ccc(C(=O)NC)o3)C2)CC1.Cl. The fourth-order valence-corrected chi connectivity index (χ4v) is 3.89. The van der Waals surface area contributed by atoms with Crippen LogP contribution in [0.2, 0.25) is 0 Å². The molecule has 0 spiro atoms. The highest BCUT2D eigenvalue weighted by Gasteiger charge is 2.30. The minimum absolute atomic E-state index is 0. The highest BCUT2D eigenvalue weighted by atomic mass is 35.5. The monoisotopic (exact) mass is 414 g/mol. The van der Waals surface area contributed by atoms with Gasteiger partial charge in [-0.25, -0.2) is 4.79 Å². The largest absolute Gasteiger partial charge is 0.455 e. The van der Waals surface area contributed by atoms with E-state index in [0.717, 1.165) is 58.0 Å². The molecule has 28 heavy (non-hydrogen) atoms. The van der Waals surface area contributed by atoms with Crippen LogP contribution in [0.25, 0.3) is 0 Å². The van der Waals surface area contributed by atoms with Crippen molar-refractivity contribution in [3.63, 3.8) is 0 Å². The van der Waals surface area contributed by atoms with Gasteiger partial charge in [-0.1, -0.05) is 0 Å². The molecule has 2 amide bonds. The van der Waals surface area contributed by atoms with Crippen LogP contribution in [-0.2, 0) is 11.3 Å². The number of halogens is 1. The third-order valence-electron chi connectivity index (χ3n) is 5.33. The van der Waals surface area contributed by atoms with Crippen LogP contribution in [0.1, 0.15) is 36.1 Å². The summed E-state index contributed by atoms with van der Waals surface area (Å²) in [5.41, 5.74) is 0. The number of rotatable bonds is 5. The number of hydrogen-bond donors (Lipinski definition) is 1.